The van der Waals surface area contributed by atoms with Crippen molar-refractivity contribution in [2.45, 2.75) is 0 Å². The Hall–Kier alpha value is -1.64. The number of aromatic nitrogens is 3. The molecule has 0 unspecified atom stereocenters. The van der Waals surface area contributed by atoms with Gasteiger partial charge in [-0.3, -0.25) is 0 Å². The molecule has 0 fully saturated rings. The van der Waals surface area contributed by atoms with Gasteiger partial charge in [-0.25, -0.2) is 4.68 Å². The molecule has 0 bridgehead atoms. The van der Waals surface area contributed by atoms with Crippen molar-refractivity contribution in [2.75, 3.05) is 0 Å². The van der Waals surface area contributed by atoms with Gasteiger partial charge < -0.3 is 0 Å². The Labute approximate surface area is 70.6 Å². The Morgan fingerprint density at radius 3 is 2.50 bits per heavy atom. The van der Waals surface area contributed by atoms with E-state index in [9.17, 15) is 0 Å². The van der Waals surface area contributed by atoms with Crippen molar-refractivity contribution in [2.24, 2.45) is 0 Å². The molecular weight excluding hydrogens is 150 g/mol. The SMILES string of the molecule is [CH2]c1ccc(-n2ccnn2)cc1. The monoisotopic (exact) mass is 158 g/mol. The Kier molecular flexibility index (Phi) is 1.63. The number of rotatable bonds is 1. The smallest absolute Gasteiger partial charge is 0.0697 e. The molecule has 0 spiro atoms. The molecule has 12 heavy (non-hydrogen) atoms. The van der Waals surface area contributed by atoms with Crippen LogP contribution < -0.4 is 0 Å². The summed E-state index contributed by atoms with van der Waals surface area (Å²) in [7, 11) is 0. The van der Waals surface area contributed by atoms with E-state index in [2.05, 4.69) is 17.2 Å². The lowest BCUT2D eigenvalue weighted by Gasteiger charge is -1.98. The van der Waals surface area contributed by atoms with Crippen molar-refractivity contribution in [1.82, 2.24) is 15.0 Å². The third kappa shape index (κ3) is 1.21. The molecule has 0 amide bonds. The van der Waals surface area contributed by atoms with Gasteiger partial charge >= 0.3 is 0 Å². The first-order chi connectivity index (χ1) is 5.86. The molecule has 59 valence electrons. The minimum atomic E-state index is 0.999. The lowest BCUT2D eigenvalue weighted by Crippen LogP contribution is -1.94. The summed E-state index contributed by atoms with van der Waals surface area (Å²) < 4.78 is 1.71. The second-order valence-electron chi connectivity index (χ2n) is 2.51. The predicted molar refractivity (Wildman–Crippen MR) is 45.8 cm³/mol. The lowest BCUT2D eigenvalue weighted by molar-refractivity contribution is 0.803. The molecule has 2 aromatic rings. The largest absolute Gasteiger partial charge is 0.221 e. The van der Waals surface area contributed by atoms with Crippen molar-refractivity contribution in [3.05, 3.63) is 49.1 Å². The topological polar surface area (TPSA) is 30.7 Å². The molecule has 0 N–H and O–H groups in total. The van der Waals surface area contributed by atoms with Crippen molar-refractivity contribution in [3.63, 3.8) is 0 Å². The highest BCUT2D eigenvalue weighted by Crippen LogP contribution is 2.06. The fourth-order valence-corrected chi connectivity index (χ4v) is 0.995. The third-order valence-electron chi connectivity index (χ3n) is 1.62. The van der Waals surface area contributed by atoms with Crippen LogP contribution in [0.15, 0.2) is 36.7 Å². The molecule has 1 aromatic carbocycles. The minimum absolute atomic E-state index is 0.999. The van der Waals surface area contributed by atoms with E-state index in [4.69, 9.17) is 0 Å². The Balaban J connectivity index is 2.43. The zero-order valence-corrected chi connectivity index (χ0v) is 6.51. The van der Waals surface area contributed by atoms with Gasteiger partial charge in [0.05, 0.1) is 18.1 Å². The van der Waals surface area contributed by atoms with Crippen LogP contribution in [0.5, 0.6) is 0 Å². The summed E-state index contributed by atoms with van der Waals surface area (Å²) in [5.74, 6) is 0. The van der Waals surface area contributed by atoms with E-state index in [-0.39, 0.29) is 0 Å². The molecule has 0 saturated carbocycles. The van der Waals surface area contributed by atoms with Crippen molar-refractivity contribution in [1.29, 1.82) is 0 Å². The molecule has 2 rings (SSSR count). The minimum Gasteiger partial charge on any atom is -0.221 e. The van der Waals surface area contributed by atoms with Crippen LogP contribution in [0, 0.1) is 6.92 Å². The first-order valence-corrected chi connectivity index (χ1v) is 3.65. The number of benzene rings is 1. The van der Waals surface area contributed by atoms with E-state index in [0.29, 0.717) is 0 Å². The summed E-state index contributed by atoms with van der Waals surface area (Å²) in [6.45, 7) is 3.80. The van der Waals surface area contributed by atoms with Gasteiger partial charge in [-0.2, -0.15) is 0 Å². The molecule has 0 aliphatic rings. The molecular formula is C9H8N3. The summed E-state index contributed by atoms with van der Waals surface area (Å²) in [4.78, 5) is 0. The molecule has 0 atom stereocenters. The molecule has 0 saturated heterocycles. The fourth-order valence-electron chi connectivity index (χ4n) is 0.995. The van der Waals surface area contributed by atoms with E-state index in [0.717, 1.165) is 11.3 Å². The summed E-state index contributed by atoms with van der Waals surface area (Å²) in [5, 5.41) is 7.58. The van der Waals surface area contributed by atoms with E-state index >= 15 is 0 Å². The van der Waals surface area contributed by atoms with E-state index < -0.39 is 0 Å². The predicted octanol–water partition coefficient (Wildman–Crippen LogP) is 1.45. The molecule has 3 nitrogen and oxygen atoms in total. The van der Waals surface area contributed by atoms with Crippen LogP contribution in [0.1, 0.15) is 5.56 Å². The summed E-state index contributed by atoms with van der Waals surface area (Å²) in [5.41, 5.74) is 2.00. The molecule has 0 aliphatic heterocycles. The van der Waals surface area contributed by atoms with Gasteiger partial charge in [0.2, 0.25) is 0 Å². The van der Waals surface area contributed by atoms with Gasteiger partial charge in [-0.05, 0) is 24.6 Å². The lowest BCUT2D eigenvalue weighted by atomic mass is 10.2. The van der Waals surface area contributed by atoms with Crippen LogP contribution in [-0.2, 0) is 0 Å². The fraction of sp³-hybridized carbons (Fsp3) is 0. The van der Waals surface area contributed by atoms with E-state index in [1.807, 2.05) is 24.3 Å². The van der Waals surface area contributed by atoms with Crippen LogP contribution in [0.2, 0.25) is 0 Å². The van der Waals surface area contributed by atoms with Crippen LogP contribution >= 0.6 is 0 Å². The van der Waals surface area contributed by atoms with Gasteiger partial charge in [0.15, 0.2) is 0 Å². The molecule has 0 aliphatic carbocycles. The highest BCUT2D eigenvalue weighted by Gasteiger charge is 1.93. The third-order valence-corrected chi connectivity index (χ3v) is 1.62. The maximum absolute atomic E-state index is 3.86. The molecule has 1 heterocycles. The standard InChI is InChI=1S/C9H8N3/c1-8-2-4-9(5-3-8)12-7-6-10-11-12/h2-7H,1H2. The average Bonchev–Trinajstić information content (AvgIpc) is 2.58. The second-order valence-corrected chi connectivity index (χ2v) is 2.51. The maximum Gasteiger partial charge on any atom is 0.0697 e. The maximum atomic E-state index is 3.86. The normalized spacial score (nSPS) is 10.1. The summed E-state index contributed by atoms with van der Waals surface area (Å²) >= 11 is 0. The second kappa shape index (κ2) is 2.77. The summed E-state index contributed by atoms with van der Waals surface area (Å²) in [6.07, 6.45) is 3.45. The Morgan fingerprint density at radius 1 is 1.17 bits per heavy atom. The van der Waals surface area contributed by atoms with Gasteiger partial charge in [-0.1, -0.05) is 17.3 Å². The highest BCUT2D eigenvalue weighted by atomic mass is 15.4. The average molecular weight is 158 g/mol. The van der Waals surface area contributed by atoms with Crippen molar-refractivity contribution in [3.8, 4) is 5.69 Å². The number of hydrogen-bond donors (Lipinski definition) is 0. The van der Waals surface area contributed by atoms with Gasteiger partial charge in [0.1, 0.15) is 0 Å². The van der Waals surface area contributed by atoms with Gasteiger partial charge in [-0.15, -0.1) is 5.10 Å². The van der Waals surface area contributed by atoms with Gasteiger partial charge in [0, 0.05) is 0 Å². The number of hydrogen-bond acceptors (Lipinski definition) is 2. The van der Waals surface area contributed by atoms with Crippen LogP contribution in [0.25, 0.3) is 5.69 Å². The quantitative estimate of drug-likeness (QED) is 0.628. The number of nitrogens with zero attached hydrogens (tertiary/aromatic N) is 3. The van der Waals surface area contributed by atoms with Gasteiger partial charge in [0.25, 0.3) is 0 Å². The zero-order chi connectivity index (χ0) is 8.39. The van der Waals surface area contributed by atoms with Crippen LogP contribution in [-0.4, -0.2) is 15.0 Å². The summed E-state index contributed by atoms with van der Waals surface area (Å²) in [6, 6.07) is 7.79. The van der Waals surface area contributed by atoms with Crippen molar-refractivity contribution < 1.29 is 0 Å². The first kappa shape index (κ1) is 7.03. The van der Waals surface area contributed by atoms with Crippen molar-refractivity contribution >= 4 is 0 Å². The van der Waals surface area contributed by atoms with Crippen LogP contribution in [0.3, 0.4) is 0 Å². The molecule has 1 aromatic heterocycles. The highest BCUT2D eigenvalue weighted by molar-refractivity contribution is 5.34. The Bertz CT molecular complexity index is 348. The first-order valence-electron chi connectivity index (χ1n) is 3.65. The van der Waals surface area contributed by atoms with Crippen LogP contribution in [0.4, 0.5) is 0 Å². The van der Waals surface area contributed by atoms with E-state index in [1.165, 1.54) is 0 Å². The molecule has 1 radical (unpaired) electrons. The van der Waals surface area contributed by atoms with E-state index in [1.54, 1.807) is 17.1 Å². The zero-order valence-electron chi connectivity index (χ0n) is 6.51. The Morgan fingerprint density at radius 2 is 1.92 bits per heavy atom. The molecule has 3 heteroatoms.